The Labute approximate surface area is 95.1 Å². The minimum absolute atomic E-state index is 0.154. The standard InChI is InChI=1S/C10H8FNO5/c1-17-10(14)3-2-6-4-9(13)8(12(15)16)5-7(6)11/h2-5,13H,1H3. The second-order valence-corrected chi connectivity index (χ2v) is 2.98. The topological polar surface area (TPSA) is 89.7 Å². The van der Waals surface area contributed by atoms with Crippen LogP contribution >= 0.6 is 0 Å². The van der Waals surface area contributed by atoms with Crippen LogP contribution in [0.5, 0.6) is 5.75 Å². The Kier molecular flexibility index (Phi) is 3.76. The van der Waals surface area contributed by atoms with Gasteiger partial charge in [0.05, 0.1) is 18.1 Å². The van der Waals surface area contributed by atoms with Crippen molar-refractivity contribution in [2.24, 2.45) is 0 Å². The van der Waals surface area contributed by atoms with Crippen LogP contribution in [-0.4, -0.2) is 23.1 Å². The first-order valence-corrected chi connectivity index (χ1v) is 4.38. The van der Waals surface area contributed by atoms with Crippen LogP contribution < -0.4 is 0 Å². The number of phenolic OH excluding ortho intramolecular Hbond substituents is 1. The highest BCUT2D eigenvalue weighted by atomic mass is 19.1. The summed E-state index contributed by atoms with van der Waals surface area (Å²) in [6, 6.07) is 1.43. The van der Waals surface area contributed by atoms with Gasteiger partial charge in [-0.05, 0) is 12.1 Å². The van der Waals surface area contributed by atoms with Crippen LogP contribution in [0, 0.1) is 15.9 Å². The number of hydrogen-bond donors (Lipinski definition) is 1. The Hall–Kier alpha value is -2.44. The fourth-order valence-electron chi connectivity index (χ4n) is 1.07. The molecule has 1 aromatic rings. The summed E-state index contributed by atoms with van der Waals surface area (Å²) in [5.41, 5.74) is -0.892. The van der Waals surface area contributed by atoms with Gasteiger partial charge in [0.15, 0.2) is 5.75 Å². The summed E-state index contributed by atoms with van der Waals surface area (Å²) in [5, 5.41) is 19.6. The highest BCUT2D eigenvalue weighted by Crippen LogP contribution is 2.29. The third-order valence-corrected chi connectivity index (χ3v) is 1.89. The predicted molar refractivity (Wildman–Crippen MR) is 55.8 cm³/mol. The molecule has 0 heterocycles. The number of methoxy groups -OCH3 is 1. The predicted octanol–water partition coefficient (Wildman–Crippen LogP) is 1.63. The van der Waals surface area contributed by atoms with Crippen molar-refractivity contribution >= 4 is 17.7 Å². The molecule has 0 radical (unpaired) electrons. The van der Waals surface area contributed by atoms with Gasteiger partial charge in [-0.25, -0.2) is 9.18 Å². The van der Waals surface area contributed by atoms with Crippen molar-refractivity contribution in [1.82, 2.24) is 0 Å². The van der Waals surface area contributed by atoms with Crippen LogP contribution in [0.25, 0.3) is 6.08 Å². The van der Waals surface area contributed by atoms with Crippen LogP contribution in [0.4, 0.5) is 10.1 Å². The van der Waals surface area contributed by atoms with Crippen LogP contribution in [0.1, 0.15) is 5.56 Å². The SMILES string of the molecule is COC(=O)C=Cc1cc(O)c([N+](=O)[O-])cc1F. The number of halogens is 1. The summed E-state index contributed by atoms with van der Waals surface area (Å²) < 4.78 is 17.6. The molecule has 0 aliphatic rings. The van der Waals surface area contributed by atoms with Crippen LogP contribution in [0.3, 0.4) is 0 Å². The smallest absolute Gasteiger partial charge is 0.330 e. The van der Waals surface area contributed by atoms with Gasteiger partial charge in [0.25, 0.3) is 0 Å². The molecule has 0 spiro atoms. The number of hydrogen-bond acceptors (Lipinski definition) is 5. The molecule has 0 saturated heterocycles. The maximum Gasteiger partial charge on any atom is 0.330 e. The number of esters is 1. The Bertz CT molecular complexity index is 498. The third-order valence-electron chi connectivity index (χ3n) is 1.89. The molecule has 0 amide bonds. The number of benzene rings is 1. The average molecular weight is 241 g/mol. The highest BCUT2D eigenvalue weighted by molar-refractivity contribution is 5.87. The van der Waals surface area contributed by atoms with E-state index >= 15 is 0 Å². The number of carbonyl (C=O) groups is 1. The van der Waals surface area contributed by atoms with Gasteiger partial charge in [-0.2, -0.15) is 0 Å². The van der Waals surface area contributed by atoms with Crippen molar-refractivity contribution in [2.45, 2.75) is 0 Å². The average Bonchev–Trinajstić information content (AvgIpc) is 2.28. The van der Waals surface area contributed by atoms with Crippen molar-refractivity contribution < 1.29 is 24.0 Å². The minimum Gasteiger partial charge on any atom is -0.502 e. The number of nitro benzene ring substituents is 1. The van der Waals surface area contributed by atoms with Crippen LogP contribution in [-0.2, 0) is 9.53 Å². The van der Waals surface area contributed by atoms with Crippen LogP contribution in [0.15, 0.2) is 18.2 Å². The summed E-state index contributed by atoms with van der Waals surface area (Å²) in [5.74, 6) is -2.31. The molecule has 17 heavy (non-hydrogen) atoms. The second kappa shape index (κ2) is 5.06. The molecule has 1 aromatic carbocycles. The molecule has 0 fully saturated rings. The van der Waals surface area contributed by atoms with E-state index in [2.05, 4.69) is 4.74 Å². The van der Waals surface area contributed by atoms with E-state index in [1.165, 1.54) is 0 Å². The molecule has 0 unspecified atom stereocenters. The Balaban J connectivity index is 3.12. The Morgan fingerprint density at radius 3 is 2.76 bits per heavy atom. The molecule has 1 rings (SSSR count). The number of rotatable bonds is 3. The van der Waals surface area contributed by atoms with Gasteiger partial charge in [-0.1, -0.05) is 0 Å². The number of aromatic hydroxyl groups is 1. The largest absolute Gasteiger partial charge is 0.502 e. The first-order chi connectivity index (χ1) is 7.95. The van der Waals surface area contributed by atoms with Gasteiger partial charge >= 0.3 is 11.7 Å². The Morgan fingerprint density at radius 2 is 2.24 bits per heavy atom. The van der Waals surface area contributed by atoms with Crippen molar-refractivity contribution in [2.75, 3.05) is 7.11 Å². The van der Waals surface area contributed by atoms with Gasteiger partial charge in [-0.15, -0.1) is 0 Å². The van der Waals surface area contributed by atoms with Gasteiger partial charge in [0.2, 0.25) is 0 Å². The number of ether oxygens (including phenoxy) is 1. The van der Waals surface area contributed by atoms with E-state index in [4.69, 9.17) is 0 Å². The van der Waals surface area contributed by atoms with E-state index in [9.17, 15) is 24.4 Å². The van der Waals surface area contributed by atoms with E-state index in [-0.39, 0.29) is 5.56 Å². The van der Waals surface area contributed by atoms with Gasteiger partial charge in [0.1, 0.15) is 5.82 Å². The van der Waals surface area contributed by atoms with Crippen molar-refractivity contribution in [3.63, 3.8) is 0 Å². The zero-order chi connectivity index (χ0) is 13.0. The summed E-state index contributed by atoms with van der Waals surface area (Å²) >= 11 is 0. The zero-order valence-electron chi connectivity index (χ0n) is 8.71. The normalized spacial score (nSPS) is 10.5. The molecule has 0 bridgehead atoms. The molecule has 0 aliphatic carbocycles. The first-order valence-electron chi connectivity index (χ1n) is 4.38. The molecule has 7 heteroatoms. The number of nitrogens with zero attached hydrogens (tertiary/aromatic N) is 1. The van der Waals surface area contributed by atoms with E-state index in [0.717, 1.165) is 25.3 Å². The lowest BCUT2D eigenvalue weighted by Crippen LogP contribution is -1.95. The molecule has 0 atom stereocenters. The van der Waals surface area contributed by atoms with E-state index in [1.54, 1.807) is 0 Å². The van der Waals surface area contributed by atoms with Gasteiger partial charge < -0.3 is 9.84 Å². The summed E-state index contributed by atoms with van der Waals surface area (Å²) in [7, 11) is 1.15. The van der Waals surface area contributed by atoms with E-state index in [0.29, 0.717) is 6.07 Å². The fraction of sp³-hybridized carbons (Fsp3) is 0.100. The lowest BCUT2D eigenvalue weighted by molar-refractivity contribution is -0.386. The molecule has 90 valence electrons. The molecule has 0 aliphatic heterocycles. The molecule has 6 nitrogen and oxygen atoms in total. The summed E-state index contributed by atoms with van der Waals surface area (Å²) in [4.78, 5) is 20.2. The number of carbonyl (C=O) groups excluding carboxylic acids is 1. The van der Waals surface area contributed by atoms with Crippen LogP contribution in [0.2, 0.25) is 0 Å². The first kappa shape index (κ1) is 12.6. The van der Waals surface area contributed by atoms with Crippen molar-refractivity contribution in [3.05, 3.63) is 39.7 Å². The third kappa shape index (κ3) is 3.00. The molecule has 1 N–H and O–H groups in total. The summed E-state index contributed by atoms with van der Waals surface area (Å²) in [6.07, 6.45) is 1.98. The zero-order valence-corrected chi connectivity index (χ0v) is 8.71. The highest BCUT2D eigenvalue weighted by Gasteiger charge is 2.16. The monoisotopic (exact) mass is 241 g/mol. The van der Waals surface area contributed by atoms with Gasteiger partial charge in [0, 0.05) is 11.6 Å². The lowest BCUT2D eigenvalue weighted by Gasteiger charge is -2.00. The maximum atomic E-state index is 13.3. The van der Waals surface area contributed by atoms with Crippen molar-refractivity contribution in [3.8, 4) is 5.75 Å². The number of phenols is 1. The maximum absolute atomic E-state index is 13.3. The van der Waals surface area contributed by atoms with Gasteiger partial charge in [-0.3, -0.25) is 10.1 Å². The second-order valence-electron chi connectivity index (χ2n) is 2.98. The number of nitro groups is 1. The van der Waals surface area contributed by atoms with Crippen molar-refractivity contribution in [1.29, 1.82) is 0 Å². The molecule has 0 saturated carbocycles. The van der Waals surface area contributed by atoms with E-state index in [1.807, 2.05) is 0 Å². The minimum atomic E-state index is -0.922. The Morgan fingerprint density at radius 1 is 1.59 bits per heavy atom. The quantitative estimate of drug-likeness (QED) is 0.376. The summed E-state index contributed by atoms with van der Waals surface area (Å²) in [6.45, 7) is 0. The van der Waals surface area contributed by atoms with E-state index < -0.39 is 28.1 Å². The lowest BCUT2D eigenvalue weighted by atomic mass is 10.1. The fourth-order valence-corrected chi connectivity index (χ4v) is 1.07. The molecular formula is C10H8FNO5. The molecular weight excluding hydrogens is 233 g/mol. The molecule has 0 aromatic heterocycles.